The molecule has 0 aliphatic carbocycles. The standard InChI is InChI=1S/C12H17NO.C11H15NO.C4H10.C4H8.C3H8/c1-10(13-11(2)14)8-9-12-6-4-3-5-7-12;1-9(12-10(2)13)8-11-6-4-3-5-7-11;2*1-3-4-2;1-3-2/h3-7,10H,8-9H2,1-2H3,(H,13,14);3-7,9H,8H2,1-2H3,(H,12,13);3-4H2,1-2H3;3H,1,4H2,2H3;3H2,1-2H3. The number of rotatable bonds is 9. The number of allylic oxidation sites excluding steroid dienone is 1. The van der Waals surface area contributed by atoms with Crippen LogP contribution in [0.2, 0.25) is 0 Å². The maximum atomic E-state index is 10.8. The van der Waals surface area contributed by atoms with Gasteiger partial charge in [-0.05, 0) is 50.7 Å². The van der Waals surface area contributed by atoms with Crippen LogP contribution in [0, 0.1) is 0 Å². The van der Waals surface area contributed by atoms with Crippen LogP contribution in [0.25, 0.3) is 0 Å². The lowest BCUT2D eigenvalue weighted by molar-refractivity contribution is -0.120. The summed E-state index contributed by atoms with van der Waals surface area (Å²) < 4.78 is 0. The largest absolute Gasteiger partial charge is 0.354 e. The normalized spacial score (nSPS) is 10.6. The number of unbranched alkanes of at least 4 members (excludes halogenated alkanes) is 1. The van der Waals surface area contributed by atoms with E-state index in [0.29, 0.717) is 0 Å². The van der Waals surface area contributed by atoms with Crippen molar-refractivity contribution in [3.8, 4) is 0 Å². The van der Waals surface area contributed by atoms with Gasteiger partial charge in [0.15, 0.2) is 0 Å². The molecular formula is C34H58N2O2. The highest BCUT2D eigenvalue weighted by Crippen LogP contribution is 2.04. The summed E-state index contributed by atoms with van der Waals surface area (Å²) in [7, 11) is 0. The molecule has 38 heavy (non-hydrogen) atoms. The van der Waals surface area contributed by atoms with Crippen molar-refractivity contribution < 1.29 is 9.59 Å². The molecule has 2 unspecified atom stereocenters. The smallest absolute Gasteiger partial charge is 0.217 e. The Bertz CT molecular complexity index is 774. The number of carbonyl (C=O) groups excluding carboxylic acids is 2. The Labute approximate surface area is 235 Å². The van der Waals surface area contributed by atoms with Gasteiger partial charge in [0.05, 0.1) is 0 Å². The fraction of sp³-hybridized carbons (Fsp3) is 0.529. The molecule has 4 nitrogen and oxygen atoms in total. The van der Waals surface area contributed by atoms with E-state index < -0.39 is 0 Å². The molecule has 2 atom stereocenters. The van der Waals surface area contributed by atoms with Crippen LogP contribution in [0.15, 0.2) is 73.3 Å². The zero-order valence-corrected chi connectivity index (χ0v) is 26.0. The molecule has 0 bridgehead atoms. The van der Waals surface area contributed by atoms with Crippen molar-refractivity contribution in [1.82, 2.24) is 10.6 Å². The highest BCUT2D eigenvalue weighted by Gasteiger charge is 2.04. The zero-order chi connectivity index (χ0) is 29.6. The monoisotopic (exact) mass is 526 g/mol. The quantitative estimate of drug-likeness (QED) is 0.321. The second-order valence-electron chi connectivity index (χ2n) is 9.32. The number of amides is 2. The summed E-state index contributed by atoms with van der Waals surface area (Å²) in [6.45, 7) is 21.3. The summed E-state index contributed by atoms with van der Waals surface area (Å²) in [4.78, 5) is 21.5. The molecule has 0 radical (unpaired) electrons. The van der Waals surface area contributed by atoms with Crippen LogP contribution in [0.5, 0.6) is 0 Å². The number of carbonyl (C=O) groups is 2. The van der Waals surface area contributed by atoms with E-state index in [1.165, 1.54) is 30.4 Å². The van der Waals surface area contributed by atoms with Crippen molar-refractivity contribution in [2.45, 2.75) is 119 Å². The van der Waals surface area contributed by atoms with Gasteiger partial charge in [-0.15, -0.1) is 6.58 Å². The third kappa shape index (κ3) is 33.1. The van der Waals surface area contributed by atoms with Crippen LogP contribution in [0.1, 0.15) is 106 Å². The number of hydrogen-bond donors (Lipinski definition) is 2. The van der Waals surface area contributed by atoms with Crippen molar-refractivity contribution in [3.05, 3.63) is 84.4 Å². The molecular weight excluding hydrogens is 468 g/mol. The second kappa shape index (κ2) is 30.3. The lowest BCUT2D eigenvalue weighted by Gasteiger charge is -2.11. The summed E-state index contributed by atoms with van der Waals surface area (Å²) in [5.74, 6) is 0.0778. The summed E-state index contributed by atoms with van der Waals surface area (Å²) in [6, 6.07) is 20.9. The lowest BCUT2D eigenvalue weighted by atomic mass is 10.1. The summed E-state index contributed by atoms with van der Waals surface area (Å²) in [5.41, 5.74) is 2.58. The predicted molar refractivity (Wildman–Crippen MR) is 169 cm³/mol. The second-order valence-corrected chi connectivity index (χ2v) is 9.32. The van der Waals surface area contributed by atoms with Crippen LogP contribution >= 0.6 is 0 Å². The van der Waals surface area contributed by atoms with E-state index in [1.807, 2.05) is 56.3 Å². The average molecular weight is 527 g/mol. The van der Waals surface area contributed by atoms with Crippen molar-refractivity contribution >= 4 is 11.8 Å². The van der Waals surface area contributed by atoms with Crippen LogP contribution < -0.4 is 10.6 Å². The highest BCUT2D eigenvalue weighted by molar-refractivity contribution is 5.73. The minimum Gasteiger partial charge on any atom is -0.354 e. The van der Waals surface area contributed by atoms with Gasteiger partial charge in [-0.1, -0.05) is 121 Å². The summed E-state index contributed by atoms with van der Waals surface area (Å²) in [6.07, 6.45) is 9.74. The van der Waals surface area contributed by atoms with Gasteiger partial charge in [-0.3, -0.25) is 9.59 Å². The van der Waals surface area contributed by atoms with E-state index >= 15 is 0 Å². The van der Waals surface area contributed by atoms with Crippen molar-refractivity contribution in [1.29, 1.82) is 0 Å². The lowest BCUT2D eigenvalue weighted by Crippen LogP contribution is -2.31. The molecule has 0 aromatic heterocycles. The Morgan fingerprint density at radius 3 is 1.45 bits per heavy atom. The Morgan fingerprint density at radius 1 is 0.737 bits per heavy atom. The molecule has 0 heterocycles. The van der Waals surface area contributed by atoms with E-state index in [4.69, 9.17) is 0 Å². The predicted octanol–water partition coefficient (Wildman–Crippen LogP) is 8.70. The van der Waals surface area contributed by atoms with Crippen molar-refractivity contribution in [2.75, 3.05) is 0 Å². The van der Waals surface area contributed by atoms with Crippen LogP contribution in [-0.4, -0.2) is 23.9 Å². The topological polar surface area (TPSA) is 58.2 Å². The van der Waals surface area contributed by atoms with Gasteiger partial charge < -0.3 is 10.6 Å². The number of hydrogen-bond acceptors (Lipinski definition) is 2. The van der Waals surface area contributed by atoms with Crippen LogP contribution in [0.4, 0.5) is 0 Å². The summed E-state index contributed by atoms with van der Waals surface area (Å²) >= 11 is 0. The van der Waals surface area contributed by atoms with Gasteiger partial charge in [0, 0.05) is 25.9 Å². The maximum absolute atomic E-state index is 10.8. The van der Waals surface area contributed by atoms with Crippen LogP contribution in [-0.2, 0) is 22.4 Å². The molecule has 216 valence electrons. The fourth-order valence-electron chi connectivity index (χ4n) is 2.81. The maximum Gasteiger partial charge on any atom is 0.217 e. The molecule has 0 fully saturated rings. The first-order valence-electron chi connectivity index (χ1n) is 14.3. The SMILES string of the molecule is C=CCC.CC(=O)NC(C)CCc1ccccc1.CC(=O)NC(C)Cc1ccccc1.CCC.CCCC. The fourth-order valence-corrected chi connectivity index (χ4v) is 2.81. The first kappa shape index (κ1) is 39.6. The molecule has 2 amide bonds. The molecule has 0 aliphatic rings. The minimum atomic E-state index is 0.0310. The number of nitrogens with one attached hydrogen (secondary N) is 2. The van der Waals surface area contributed by atoms with Gasteiger partial charge >= 0.3 is 0 Å². The molecule has 0 spiro atoms. The molecule has 4 heteroatoms. The zero-order valence-electron chi connectivity index (χ0n) is 26.0. The molecule has 0 saturated heterocycles. The van der Waals surface area contributed by atoms with Gasteiger partial charge in [-0.25, -0.2) is 0 Å². The van der Waals surface area contributed by atoms with E-state index in [-0.39, 0.29) is 23.9 Å². The van der Waals surface area contributed by atoms with Crippen molar-refractivity contribution in [2.24, 2.45) is 0 Å². The third-order valence-corrected chi connectivity index (χ3v) is 4.78. The van der Waals surface area contributed by atoms with Crippen molar-refractivity contribution in [3.63, 3.8) is 0 Å². The highest BCUT2D eigenvalue weighted by atomic mass is 16.2. The van der Waals surface area contributed by atoms with Gasteiger partial charge in [0.2, 0.25) is 11.8 Å². The Hall–Kier alpha value is -2.88. The van der Waals surface area contributed by atoms with Gasteiger partial charge in [0.25, 0.3) is 0 Å². The van der Waals surface area contributed by atoms with Gasteiger partial charge in [0.1, 0.15) is 0 Å². The molecule has 2 N–H and O–H groups in total. The Balaban J connectivity index is -0.000000468. The van der Waals surface area contributed by atoms with Crippen LogP contribution in [0.3, 0.4) is 0 Å². The van der Waals surface area contributed by atoms with E-state index in [9.17, 15) is 9.59 Å². The first-order chi connectivity index (χ1) is 18.1. The summed E-state index contributed by atoms with van der Waals surface area (Å²) in [5, 5.41) is 5.73. The minimum absolute atomic E-state index is 0.0310. The van der Waals surface area contributed by atoms with E-state index in [0.717, 1.165) is 25.7 Å². The van der Waals surface area contributed by atoms with E-state index in [2.05, 4.69) is 76.1 Å². The molecule has 0 saturated carbocycles. The number of benzene rings is 2. The van der Waals surface area contributed by atoms with Gasteiger partial charge in [-0.2, -0.15) is 0 Å². The molecule has 2 rings (SSSR count). The third-order valence-electron chi connectivity index (χ3n) is 4.78. The Kier molecular flexibility index (Phi) is 31.6. The average Bonchev–Trinajstić information content (AvgIpc) is 2.89. The number of aryl methyl sites for hydroxylation is 1. The molecule has 2 aromatic carbocycles. The Morgan fingerprint density at radius 2 is 1.11 bits per heavy atom. The molecule has 0 aliphatic heterocycles. The van der Waals surface area contributed by atoms with E-state index in [1.54, 1.807) is 13.8 Å². The first-order valence-corrected chi connectivity index (χ1v) is 14.3. The molecule has 2 aromatic rings.